The Balaban J connectivity index is 1.56. The average Bonchev–Trinajstić information content (AvgIpc) is 3.15. The molecule has 112 valence electrons. The maximum absolute atomic E-state index is 12.5. The van der Waals surface area contributed by atoms with Gasteiger partial charge in [-0.05, 0) is 24.3 Å². The number of ketones is 2. The summed E-state index contributed by atoms with van der Waals surface area (Å²) in [5, 5.41) is 2.65. The van der Waals surface area contributed by atoms with Crippen LogP contribution in [0.3, 0.4) is 0 Å². The lowest BCUT2D eigenvalue weighted by molar-refractivity contribution is -0.137. The SMILES string of the molecule is O=C(Nc1ccc(Br)cc1)C1C(=O)C2C3C=CC(O3)C2C1=O. The van der Waals surface area contributed by atoms with Gasteiger partial charge in [0.15, 0.2) is 17.5 Å². The zero-order chi connectivity index (χ0) is 15.4. The van der Waals surface area contributed by atoms with E-state index in [0.717, 1.165) is 4.47 Å². The van der Waals surface area contributed by atoms with E-state index >= 15 is 0 Å². The van der Waals surface area contributed by atoms with Crippen molar-refractivity contribution in [3.63, 3.8) is 0 Å². The van der Waals surface area contributed by atoms with Gasteiger partial charge in [-0.25, -0.2) is 0 Å². The van der Waals surface area contributed by atoms with Crippen molar-refractivity contribution in [2.45, 2.75) is 12.2 Å². The van der Waals surface area contributed by atoms with E-state index in [-0.39, 0.29) is 23.8 Å². The minimum atomic E-state index is -1.22. The highest BCUT2D eigenvalue weighted by Gasteiger charge is 2.62. The van der Waals surface area contributed by atoms with E-state index in [1.54, 1.807) is 24.3 Å². The smallest absolute Gasteiger partial charge is 0.242 e. The van der Waals surface area contributed by atoms with Crippen LogP contribution in [0.25, 0.3) is 0 Å². The minimum absolute atomic E-state index is 0.318. The van der Waals surface area contributed by atoms with E-state index in [2.05, 4.69) is 21.2 Å². The van der Waals surface area contributed by atoms with Gasteiger partial charge in [-0.2, -0.15) is 0 Å². The molecule has 4 unspecified atom stereocenters. The molecular weight excluding hydrogens is 350 g/mol. The molecule has 0 aromatic heterocycles. The summed E-state index contributed by atoms with van der Waals surface area (Å²) >= 11 is 3.31. The largest absolute Gasteiger partial charge is 0.365 e. The normalized spacial score (nSPS) is 35.0. The van der Waals surface area contributed by atoms with Crippen LogP contribution in [0.2, 0.25) is 0 Å². The molecule has 0 spiro atoms. The first-order valence-corrected chi connectivity index (χ1v) is 7.83. The molecule has 0 radical (unpaired) electrons. The average molecular weight is 362 g/mol. The van der Waals surface area contributed by atoms with Gasteiger partial charge in [0.2, 0.25) is 5.91 Å². The summed E-state index contributed by atoms with van der Waals surface area (Å²) < 4.78 is 6.43. The van der Waals surface area contributed by atoms with Gasteiger partial charge >= 0.3 is 0 Å². The summed E-state index contributed by atoms with van der Waals surface area (Å²) in [6.07, 6.45) is 2.92. The number of benzene rings is 1. The number of Topliss-reactive ketones (excluding diaryl/α,β-unsaturated/α-hetero) is 2. The Morgan fingerprint density at radius 2 is 1.55 bits per heavy atom. The molecule has 1 aromatic rings. The zero-order valence-electron chi connectivity index (χ0n) is 11.4. The van der Waals surface area contributed by atoms with Crippen molar-refractivity contribution in [2.75, 3.05) is 5.32 Å². The lowest BCUT2D eigenvalue weighted by Crippen LogP contribution is -2.34. The number of hydrogen-bond acceptors (Lipinski definition) is 4. The maximum atomic E-state index is 12.5. The van der Waals surface area contributed by atoms with Crippen LogP contribution >= 0.6 is 15.9 Å². The van der Waals surface area contributed by atoms with E-state index < -0.39 is 23.7 Å². The fourth-order valence-corrected chi connectivity index (χ4v) is 3.78. The molecule has 5 nitrogen and oxygen atoms in total. The highest BCUT2D eigenvalue weighted by molar-refractivity contribution is 9.10. The van der Waals surface area contributed by atoms with E-state index in [0.29, 0.717) is 5.69 Å². The fourth-order valence-electron chi connectivity index (χ4n) is 3.52. The van der Waals surface area contributed by atoms with Gasteiger partial charge in [0.05, 0.1) is 24.0 Å². The number of halogens is 1. The molecule has 1 saturated carbocycles. The van der Waals surface area contributed by atoms with Crippen molar-refractivity contribution in [3.05, 3.63) is 40.9 Å². The summed E-state index contributed by atoms with van der Waals surface area (Å²) in [7, 11) is 0. The number of carbonyl (C=O) groups is 3. The Labute approximate surface area is 134 Å². The molecule has 1 amide bonds. The molecular formula is C16H12BrNO4. The van der Waals surface area contributed by atoms with Crippen LogP contribution in [0.5, 0.6) is 0 Å². The van der Waals surface area contributed by atoms with Gasteiger partial charge < -0.3 is 10.1 Å². The maximum Gasteiger partial charge on any atom is 0.242 e. The molecule has 6 heteroatoms. The number of fused-ring (bicyclic) bond motifs is 5. The van der Waals surface area contributed by atoms with E-state index in [1.165, 1.54) is 0 Å². The summed E-state index contributed by atoms with van der Waals surface area (Å²) in [4.78, 5) is 37.3. The highest BCUT2D eigenvalue weighted by Crippen LogP contribution is 2.47. The Hall–Kier alpha value is -1.79. The van der Waals surface area contributed by atoms with E-state index in [4.69, 9.17) is 4.74 Å². The van der Waals surface area contributed by atoms with Crippen LogP contribution in [-0.4, -0.2) is 29.7 Å². The van der Waals surface area contributed by atoms with Gasteiger partial charge in [-0.1, -0.05) is 28.1 Å². The number of amides is 1. The standard InChI is InChI=1S/C16H12BrNO4/c17-7-1-3-8(4-2-7)18-16(21)13-14(19)11-9-5-6-10(22-9)12(11)15(13)20/h1-6,9-13H,(H,18,21). The van der Waals surface area contributed by atoms with Crippen molar-refractivity contribution >= 4 is 39.1 Å². The molecule has 2 fully saturated rings. The zero-order valence-corrected chi connectivity index (χ0v) is 12.9. The Morgan fingerprint density at radius 1 is 1.00 bits per heavy atom. The second kappa shape index (κ2) is 4.86. The molecule has 1 aromatic carbocycles. The summed E-state index contributed by atoms with van der Waals surface area (Å²) in [5.41, 5.74) is 0.559. The molecule has 1 N–H and O–H groups in total. The monoisotopic (exact) mass is 361 g/mol. The Morgan fingerprint density at radius 3 is 2.09 bits per heavy atom. The summed E-state index contributed by atoms with van der Waals surface area (Å²) in [6.45, 7) is 0. The predicted molar refractivity (Wildman–Crippen MR) is 81.1 cm³/mol. The molecule has 2 heterocycles. The number of rotatable bonds is 2. The third-order valence-electron chi connectivity index (χ3n) is 4.50. The lowest BCUT2D eigenvalue weighted by Gasteiger charge is -2.12. The predicted octanol–water partition coefficient (Wildman–Crippen LogP) is 1.73. The number of nitrogens with one attached hydrogen (secondary N) is 1. The topological polar surface area (TPSA) is 72.5 Å². The molecule has 2 aliphatic heterocycles. The van der Waals surface area contributed by atoms with Crippen molar-refractivity contribution < 1.29 is 19.1 Å². The summed E-state index contributed by atoms with van der Waals surface area (Å²) in [5.74, 6) is -3.40. The first-order chi connectivity index (χ1) is 10.6. The van der Waals surface area contributed by atoms with Gasteiger partial charge in [-0.15, -0.1) is 0 Å². The van der Waals surface area contributed by atoms with E-state index in [9.17, 15) is 14.4 Å². The number of hydrogen-bond donors (Lipinski definition) is 1. The highest BCUT2D eigenvalue weighted by atomic mass is 79.9. The van der Waals surface area contributed by atoms with Crippen molar-refractivity contribution in [3.8, 4) is 0 Å². The first kappa shape index (κ1) is 13.8. The fraction of sp³-hybridized carbons (Fsp3) is 0.312. The van der Waals surface area contributed by atoms with Crippen molar-refractivity contribution in [1.29, 1.82) is 0 Å². The lowest BCUT2D eigenvalue weighted by atomic mass is 9.85. The minimum Gasteiger partial charge on any atom is -0.365 e. The van der Waals surface area contributed by atoms with Crippen LogP contribution in [0.4, 0.5) is 5.69 Å². The molecule has 4 rings (SSSR count). The molecule has 2 bridgehead atoms. The molecule has 1 saturated heterocycles. The summed E-state index contributed by atoms with van der Waals surface area (Å²) in [6, 6.07) is 6.98. The van der Waals surface area contributed by atoms with Crippen LogP contribution in [0.15, 0.2) is 40.9 Å². The second-order valence-electron chi connectivity index (χ2n) is 5.74. The van der Waals surface area contributed by atoms with Gasteiger partial charge in [0.25, 0.3) is 0 Å². The van der Waals surface area contributed by atoms with Crippen LogP contribution < -0.4 is 5.32 Å². The van der Waals surface area contributed by atoms with Crippen LogP contribution in [-0.2, 0) is 19.1 Å². The Bertz CT molecular complexity index is 681. The third kappa shape index (κ3) is 1.90. The Kier molecular flexibility index (Phi) is 3.06. The first-order valence-electron chi connectivity index (χ1n) is 7.04. The number of anilines is 1. The molecule has 22 heavy (non-hydrogen) atoms. The van der Waals surface area contributed by atoms with Gasteiger partial charge in [0.1, 0.15) is 0 Å². The number of ether oxygens (including phenoxy) is 1. The van der Waals surface area contributed by atoms with Crippen LogP contribution in [0, 0.1) is 17.8 Å². The molecule has 4 atom stereocenters. The van der Waals surface area contributed by atoms with Crippen molar-refractivity contribution in [2.24, 2.45) is 17.8 Å². The third-order valence-corrected chi connectivity index (χ3v) is 5.03. The molecule has 3 aliphatic rings. The quantitative estimate of drug-likeness (QED) is 0.643. The van der Waals surface area contributed by atoms with E-state index in [1.807, 2.05) is 12.2 Å². The van der Waals surface area contributed by atoms with Crippen molar-refractivity contribution in [1.82, 2.24) is 0 Å². The molecule has 1 aliphatic carbocycles. The second-order valence-corrected chi connectivity index (χ2v) is 6.65. The van der Waals surface area contributed by atoms with Gasteiger partial charge in [0, 0.05) is 10.2 Å². The van der Waals surface area contributed by atoms with Gasteiger partial charge in [-0.3, -0.25) is 14.4 Å². The number of carbonyl (C=O) groups excluding carboxylic acids is 3. The van der Waals surface area contributed by atoms with Crippen LogP contribution in [0.1, 0.15) is 0 Å².